The van der Waals surface area contributed by atoms with Crippen LogP contribution in [-0.2, 0) is 16.0 Å². The van der Waals surface area contributed by atoms with E-state index in [-0.39, 0.29) is 5.57 Å². The summed E-state index contributed by atoms with van der Waals surface area (Å²) in [4.78, 5) is 39.5. The number of carbonyl (C=O) groups excluding carboxylic acids is 3. The van der Waals surface area contributed by atoms with Gasteiger partial charge in [0.1, 0.15) is 5.57 Å². The van der Waals surface area contributed by atoms with Crippen molar-refractivity contribution in [2.75, 3.05) is 4.90 Å². The number of nitrogens with one attached hydrogen (secondary N) is 1. The van der Waals surface area contributed by atoms with E-state index in [9.17, 15) is 14.4 Å². The van der Waals surface area contributed by atoms with Crippen molar-refractivity contribution in [3.05, 3.63) is 88.2 Å². The van der Waals surface area contributed by atoms with Gasteiger partial charge in [-0.15, -0.1) is 0 Å². The van der Waals surface area contributed by atoms with Gasteiger partial charge in [-0.25, -0.2) is 9.69 Å². The number of anilines is 1. The lowest BCUT2D eigenvalue weighted by Crippen LogP contribution is -2.54. The number of nitrogens with zero attached hydrogens (tertiary/aromatic N) is 2. The van der Waals surface area contributed by atoms with E-state index in [0.717, 1.165) is 33.1 Å². The summed E-state index contributed by atoms with van der Waals surface area (Å²) in [5.74, 6) is -1.31. The molecule has 0 aliphatic carbocycles. The van der Waals surface area contributed by atoms with Gasteiger partial charge in [-0.05, 0) is 68.7 Å². The summed E-state index contributed by atoms with van der Waals surface area (Å²) in [6.45, 7) is 7.91. The van der Waals surface area contributed by atoms with Crippen LogP contribution in [0, 0.1) is 20.8 Å². The number of urea groups is 1. The van der Waals surface area contributed by atoms with Gasteiger partial charge in [0.15, 0.2) is 0 Å². The molecule has 0 spiro atoms. The molecule has 0 bridgehead atoms. The standard InChI is InChI=1S/C26H25N3O3/c1-5-19-8-6-7-9-23(19)29-25(31)22(24(30)27-26(29)32)15-20-14-17(3)28(18(20)4)21-12-10-16(2)11-13-21/h6-15H,5H2,1-4H3,(H,27,30,32)/b22-15+. The zero-order valence-corrected chi connectivity index (χ0v) is 18.6. The largest absolute Gasteiger partial charge is 0.335 e. The van der Waals surface area contributed by atoms with Crippen LogP contribution in [0.3, 0.4) is 0 Å². The molecular weight excluding hydrogens is 402 g/mol. The zero-order valence-electron chi connectivity index (χ0n) is 18.6. The Morgan fingerprint density at radius 2 is 1.62 bits per heavy atom. The van der Waals surface area contributed by atoms with Gasteiger partial charge in [0.25, 0.3) is 11.8 Å². The lowest BCUT2D eigenvalue weighted by molar-refractivity contribution is -0.122. The monoisotopic (exact) mass is 427 g/mol. The molecule has 1 N–H and O–H groups in total. The smallest absolute Gasteiger partial charge is 0.318 e. The Balaban J connectivity index is 1.77. The third kappa shape index (κ3) is 3.64. The van der Waals surface area contributed by atoms with E-state index in [1.54, 1.807) is 18.2 Å². The van der Waals surface area contributed by atoms with Gasteiger partial charge in [-0.3, -0.25) is 14.9 Å². The van der Waals surface area contributed by atoms with E-state index >= 15 is 0 Å². The summed E-state index contributed by atoms with van der Waals surface area (Å²) in [7, 11) is 0. The van der Waals surface area contributed by atoms with Gasteiger partial charge < -0.3 is 4.57 Å². The molecule has 0 saturated carbocycles. The molecule has 1 aliphatic heterocycles. The highest BCUT2D eigenvalue weighted by atomic mass is 16.2. The average Bonchev–Trinajstić information content (AvgIpc) is 3.05. The maximum absolute atomic E-state index is 13.3. The first-order valence-corrected chi connectivity index (χ1v) is 10.6. The van der Waals surface area contributed by atoms with Gasteiger partial charge >= 0.3 is 6.03 Å². The zero-order chi connectivity index (χ0) is 23.0. The Hall–Kier alpha value is -3.93. The molecule has 2 aromatic carbocycles. The van der Waals surface area contributed by atoms with Gasteiger partial charge in [0, 0.05) is 17.1 Å². The predicted molar refractivity (Wildman–Crippen MR) is 125 cm³/mol. The summed E-state index contributed by atoms with van der Waals surface area (Å²) in [6, 6.07) is 16.6. The Labute approximate surface area is 187 Å². The molecule has 4 amide bonds. The highest BCUT2D eigenvalue weighted by Crippen LogP contribution is 2.28. The van der Waals surface area contributed by atoms with Crippen molar-refractivity contribution in [2.24, 2.45) is 0 Å². The number of barbiturate groups is 1. The minimum Gasteiger partial charge on any atom is -0.318 e. The van der Waals surface area contributed by atoms with Gasteiger partial charge in [0.05, 0.1) is 5.69 Å². The van der Waals surface area contributed by atoms with Crippen LogP contribution in [0.2, 0.25) is 0 Å². The van der Waals surface area contributed by atoms with Crippen LogP contribution in [0.4, 0.5) is 10.5 Å². The van der Waals surface area contributed by atoms with Crippen LogP contribution in [0.15, 0.2) is 60.2 Å². The Kier molecular flexibility index (Phi) is 5.53. The van der Waals surface area contributed by atoms with Gasteiger partial charge in [-0.1, -0.05) is 42.8 Å². The predicted octanol–water partition coefficient (Wildman–Crippen LogP) is 4.63. The molecule has 1 aromatic heterocycles. The SMILES string of the molecule is CCc1ccccc1N1C(=O)NC(=O)/C(=C\c2cc(C)n(-c3ccc(C)cc3)c2C)C1=O. The maximum Gasteiger partial charge on any atom is 0.335 e. The van der Waals surface area contributed by atoms with Gasteiger partial charge in [0.2, 0.25) is 0 Å². The number of para-hydroxylation sites is 1. The van der Waals surface area contributed by atoms with Crippen molar-refractivity contribution in [3.8, 4) is 5.69 Å². The van der Waals surface area contributed by atoms with Crippen LogP contribution >= 0.6 is 0 Å². The number of carbonyl (C=O) groups is 3. The van der Waals surface area contributed by atoms with E-state index in [4.69, 9.17) is 0 Å². The molecule has 6 heteroatoms. The molecule has 162 valence electrons. The average molecular weight is 428 g/mol. The van der Waals surface area contributed by atoms with Crippen LogP contribution in [0.1, 0.15) is 35.0 Å². The Morgan fingerprint density at radius 3 is 2.31 bits per heavy atom. The Bertz CT molecular complexity index is 1270. The third-order valence-corrected chi connectivity index (χ3v) is 5.78. The number of amides is 4. The topological polar surface area (TPSA) is 71.4 Å². The molecule has 3 aromatic rings. The van der Waals surface area contributed by atoms with Crippen molar-refractivity contribution in [3.63, 3.8) is 0 Å². The minimum atomic E-state index is -0.733. The fourth-order valence-electron chi connectivity index (χ4n) is 4.08. The number of aromatic nitrogens is 1. The van der Waals surface area contributed by atoms with Crippen LogP contribution in [0.25, 0.3) is 11.8 Å². The van der Waals surface area contributed by atoms with Crippen molar-refractivity contribution in [2.45, 2.75) is 34.1 Å². The number of benzene rings is 2. The fourth-order valence-corrected chi connectivity index (χ4v) is 4.08. The number of rotatable bonds is 4. The summed E-state index contributed by atoms with van der Waals surface area (Å²) in [5.41, 5.74) is 6.06. The molecule has 2 heterocycles. The minimum absolute atomic E-state index is 0.0698. The summed E-state index contributed by atoms with van der Waals surface area (Å²) >= 11 is 0. The van der Waals surface area contributed by atoms with E-state index in [2.05, 4.69) is 9.88 Å². The molecule has 1 aliphatic rings. The number of hydrogen-bond donors (Lipinski definition) is 1. The quantitative estimate of drug-likeness (QED) is 0.487. The van der Waals surface area contributed by atoms with Crippen molar-refractivity contribution >= 4 is 29.6 Å². The van der Waals surface area contributed by atoms with Crippen molar-refractivity contribution in [1.29, 1.82) is 0 Å². The van der Waals surface area contributed by atoms with Crippen LogP contribution < -0.4 is 10.2 Å². The number of imide groups is 2. The molecule has 0 radical (unpaired) electrons. The van der Waals surface area contributed by atoms with Crippen molar-refractivity contribution < 1.29 is 14.4 Å². The molecule has 4 rings (SSSR count). The normalized spacial score (nSPS) is 15.4. The molecule has 6 nitrogen and oxygen atoms in total. The second-order valence-electron chi connectivity index (χ2n) is 7.94. The third-order valence-electron chi connectivity index (χ3n) is 5.78. The van der Waals surface area contributed by atoms with Crippen LogP contribution in [-0.4, -0.2) is 22.4 Å². The van der Waals surface area contributed by atoms with Crippen molar-refractivity contribution in [1.82, 2.24) is 9.88 Å². The highest BCUT2D eigenvalue weighted by Gasteiger charge is 2.37. The number of aryl methyl sites for hydroxylation is 3. The second kappa shape index (κ2) is 8.30. The first kappa shape index (κ1) is 21.3. The molecule has 0 unspecified atom stereocenters. The van der Waals surface area contributed by atoms with E-state index < -0.39 is 17.8 Å². The first-order chi connectivity index (χ1) is 15.3. The van der Waals surface area contributed by atoms with E-state index in [1.165, 1.54) is 5.56 Å². The highest BCUT2D eigenvalue weighted by molar-refractivity contribution is 6.39. The fraction of sp³-hybridized carbons (Fsp3) is 0.192. The summed E-state index contributed by atoms with van der Waals surface area (Å²) < 4.78 is 2.08. The summed E-state index contributed by atoms with van der Waals surface area (Å²) in [5, 5.41) is 2.31. The lowest BCUT2D eigenvalue weighted by Gasteiger charge is -2.28. The lowest BCUT2D eigenvalue weighted by atomic mass is 10.0. The van der Waals surface area contributed by atoms with Gasteiger partial charge in [-0.2, -0.15) is 0 Å². The molecule has 1 saturated heterocycles. The first-order valence-electron chi connectivity index (χ1n) is 10.6. The van der Waals surface area contributed by atoms with Crippen LogP contribution in [0.5, 0.6) is 0 Å². The summed E-state index contributed by atoms with van der Waals surface area (Å²) in [6.07, 6.45) is 2.22. The van der Waals surface area contributed by atoms with E-state index in [1.807, 2.05) is 70.2 Å². The molecule has 32 heavy (non-hydrogen) atoms. The molecular formula is C26H25N3O3. The number of hydrogen-bond acceptors (Lipinski definition) is 3. The van der Waals surface area contributed by atoms with E-state index in [0.29, 0.717) is 12.1 Å². The maximum atomic E-state index is 13.3. The molecule has 0 atom stereocenters. The Morgan fingerprint density at radius 1 is 0.938 bits per heavy atom. The second-order valence-corrected chi connectivity index (χ2v) is 7.94. The molecule has 1 fully saturated rings.